The number of fused-ring (bicyclic) bond motifs is 11. The van der Waals surface area contributed by atoms with Crippen molar-refractivity contribution in [3.63, 3.8) is 0 Å². The third kappa shape index (κ3) is 4.36. The molecule has 0 atom stereocenters. The average molecular weight is 719 g/mol. The minimum atomic E-state index is 1.24. The maximum Gasteiger partial charge on any atom is 0.0441 e. The Kier molecular flexibility index (Phi) is 6.48. The van der Waals surface area contributed by atoms with Gasteiger partial charge in [0.1, 0.15) is 0 Å². The maximum atomic E-state index is 2.47. The molecule has 54 heavy (non-hydrogen) atoms. The first kappa shape index (κ1) is 30.2. The van der Waals surface area contributed by atoms with E-state index in [-0.39, 0.29) is 0 Å². The van der Waals surface area contributed by atoms with Crippen molar-refractivity contribution in [3.05, 3.63) is 182 Å². The minimum absolute atomic E-state index is 1.24. The Hall–Kier alpha value is -6.32. The van der Waals surface area contributed by atoms with Crippen LogP contribution < -0.4 is 0 Å². The predicted octanol–water partition coefficient (Wildman–Crippen LogP) is 16.0. The van der Waals surface area contributed by atoms with E-state index in [4.69, 9.17) is 0 Å². The lowest BCUT2D eigenvalue weighted by atomic mass is 9.85. The van der Waals surface area contributed by atoms with Gasteiger partial charge in [0.05, 0.1) is 0 Å². The summed E-state index contributed by atoms with van der Waals surface area (Å²) in [6.07, 6.45) is 0. The van der Waals surface area contributed by atoms with Crippen LogP contribution in [0.5, 0.6) is 0 Å². The SMILES string of the molecule is c1ccc(-c2c3ccccc3c(-c3ccc4cc(-c5c6sc7ccc8ccccc8c7c6cc6sc7ccccc7c56)ccc4c3)c3ccccc23)cc1. The Labute approximate surface area is 319 Å². The molecule has 12 rings (SSSR count). The quantitative estimate of drug-likeness (QED) is 0.160. The van der Waals surface area contributed by atoms with Crippen LogP contribution in [-0.4, -0.2) is 0 Å². The van der Waals surface area contributed by atoms with Gasteiger partial charge in [-0.1, -0.05) is 152 Å². The lowest BCUT2D eigenvalue weighted by molar-refractivity contribution is 1.66. The van der Waals surface area contributed by atoms with Crippen molar-refractivity contribution in [2.24, 2.45) is 0 Å². The van der Waals surface area contributed by atoms with E-state index in [1.54, 1.807) is 0 Å². The van der Waals surface area contributed by atoms with Gasteiger partial charge in [0.2, 0.25) is 0 Å². The topological polar surface area (TPSA) is 0 Å². The molecule has 250 valence electrons. The van der Waals surface area contributed by atoms with E-state index in [0.29, 0.717) is 0 Å². The van der Waals surface area contributed by atoms with E-state index in [9.17, 15) is 0 Å². The molecule has 2 aromatic heterocycles. The van der Waals surface area contributed by atoms with Gasteiger partial charge in [0, 0.05) is 45.9 Å². The Morgan fingerprint density at radius 1 is 0.259 bits per heavy atom. The average Bonchev–Trinajstić information content (AvgIpc) is 3.80. The van der Waals surface area contributed by atoms with E-state index in [0.717, 1.165) is 0 Å². The molecule has 0 radical (unpaired) electrons. The largest absolute Gasteiger partial charge is 0.135 e. The highest BCUT2D eigenvalue weighted by Crippen LogP contribution is 2.51. The molecule has 10 aromatic carbocycles. The fourth-order valence-corrected chi connectivity index (χ4v) is 11.5. The molecular formula is C52H30S2. The van der Waals surface area contributed by atoms with Crippen molar-refractivity contribution in [1.29, 1.82) is 0 Å². The van der Waals surface area contributed by atoms with E-state index in [1.165, 1.54) is 117 Å². The molecule has 0 aliphatic carbocycles. The van der Waals surface area contributed by atoms with Crippen LogP contribution in [0.4, 0.5) is 0 Å². The van der Waals surface area contributed by atoms with Gasteiger partial charge in [-0.3, -0.25) is 0 Å². The van der Waals surface area contributed by atoms with Crippen LogP contribution >= 0.6 is 22.7 Å². The number of benzene rings is 10. The fourth-order valence-electron chi connectivity index (χ4n) is 9.07. The number of rotatable bonds is 3. The maximum absolute atomic E-state index is 2.47. The molecule has 0 saturated heterocycles. The zero-order valence-corrected chi connectivity index (χ0v) is 30.8. The second-order valence-electron chi connectivity index (χ2n) is 14.3. The molecule has 0 aliphatic rings. The second kappa shape index (κ2) is 11.6. The summed E-state index contributed by atoms with van der Waals surface area (Å²) in [6.45, 7) is 0. The van der Waals surface area contributed by atoms with Crippen LogP contribution in [0.1, 0.15) is 0 Å². The molecular weight excluding hydrogens is 689 g/mol. The fraction of sp³-hybridized carbons (Fsp3) is 0. The zero-order valence-electron chi connectivity index (χ0n) is 29.1. The summed E-state index contributed by atoms with van der Waals surface area (Å²) in [7, 11) is 0. The zero-order chi connectivity index (χ0) is 35.3. The Morgan fingerprint density at radius 3 is 1.48 bits per heavy atom. The number of hydrogen-bond acceptors (Lipinski definition) is 2. The van der Waals surface area contributed by atoms with Gasteiger partial charge in [-0.15, -0.1) is 22.7 Å². The van der Waals surface area contributed by atoms with Crippen LogP contribution in [0.15, 0.2) is 182 Å². The van der Waals surface area contributed by atoms with E-state index in [2.05, 4.69) is 182 Å². The van der Waals surface area contributed by atoms with Crippen LogP contribution in [0, 0.1) is 0 Å². The van der Waals surface area contributed by atoms with Gasteiger partial charge in [0.15, 0.2) is 0 Å². The highest BCUT2D eigenvalue weighted by molar-refractivity contribution is 7.28. The predicted molar refractivity (Wildman–Crippen MR) is 239 cm³/mol. The molecule has 0 spiro atoms. The van der Waals surface area contributed by atoms with E-state index >= 15 is 0 Å². The normalized spacial score (nSPS) is 12.1. The van der Waals surface area contributed by atoms with E-state index in [1.807, 2.05) is 22.7 Å². The molecule has 0 nitrogen and oxygen atoms in total. The van der Waals surface area contributed by atoms with Gasteiger partial charge in [-0.05, 0) is 101 Å². The first-order valence-corrected chi connectivity index (χ1v) is 20.1. The van der Waals surface area contributed by atoms with Crippen LogP contribution in [0.2, 0.25) is 0 Å². The monoisotopic (exact) mass is 718 g/mol. The van der Waals surface area contributed by atoms with Gasteiger partial charge in [-0.25, -0.2) is 0 Å². The van der Waals surface area contributed by atoms with Crippen LogP contribution in [0.3, 0.4) is 0 Å². The minimum Gasteiger partial charge on any atom is -0.135 e. The number of hydrogen-bond donors (Lipinski definition) is 0. The summed E-state index contributed by atoms with van der Waals surface area (Å²) in [4.78, 5) is 0. The number of thiophene rings is 2. The summed E-state index contributed by atoms with van der Waals surface area (Å²) in [5, 5.41) is 15.7. The molecule has 2 heterocycles. The van der Waals surface area contributed by atoms with Crippen molar-refractivity contribution >= 4 is 106 Å². The summed E-state index contributed by atoms with van der Waals surface area (Å²) in [5.41, 5.74) is 7.70. The first-order valence-electron chi connectivity index (χ1n) is 18.5. The standard InChI is InChI=1S/C52H30S2/c1-2-13-32(14-3-1)47-38-16-6-8-18-40(38)48(41-19-9-7-17-39(41)47)35-24-22-34-29-36(25-23-33(34)28-35)49-51-42-20-10-11-21-44(42)53-46(51)30-43-50-37-15-5-4-12-31(37)26-27-45(50)54-52(43)49/h1-30H. The Morgan fingerprint density at radius 2 is 0.796 bits per heavy atom. The molecule has 0 N–H and O–H groups in total. The van der Waals surface area contributed by atoms with Gasteiger partial charge in [0.25, 0.3) is 0 Å². The second-order valence-corrected chi connectivity index (χ2v) is 16.5. The lowest BCUT2D eigenvalue weighted by Crippen LogP contribution is -1.91. The van der Waals surface area contributed by atoms with Gasteiger partial charge >= 0.3 is 0 Å². The van der Waals surface area contributed by atoms with Crippen molar-refractivity contribution in [3.8, 4) is 33.4 Å². The summed E-state index contributed by atoms with van der Waals surface area (Å²) in [6, 6.07) is 67.7. The molecule has 0 bridgehead atoms. The third-order valence-corrected chi connectivity index (χ3v) is 13.7. The van der Waals surface area contributed by atoms with Gasteiger partial charge < -0.3 is 0 Å². The van der Waals surface area contributed by atoms with Crippen molar-refractivity contribution in [2.75, 3.05) is 0 Å². The third-order valence-electron chi connectivity index (χ3n) is 11.4. The smallest absolute Gasteiger partial charge is 0.0441 e. The highest BCUT2D eigenvalue weighted by Gasteiger charge is 2.21. The highest BCUT2D eigenvalue weighted by atomic mass is 32.1. The Balaban J connectivity index is 1.10. The molecule has 0 aliphatic heterocycles. The van der Waals surface area contributed by atoms with Crippen molar-refractivity contribution in [1.82, 2.24) is 0 Å². The van der Waals surface area contributed by atoms with Crippen molar-refractivity contribution < 1.29 is 0 Å². The van der Waals surface area contributed by atoms with Gasteiger partial charge in [-0.2, -0.15) is 0 Å². The molecule has 2 heteroatoms. The molecule has 0 unspecified atom stereocenters. The summed E-state index contributed by atoms with van der Waals surface area (Å²) in [5.74, 6) is 0. The van der Waals surface area contributed by atoms with Crippen molar-refractivity contribution in [2.45, 2.75) is 0 Å². The van der Waals surface area contributed by atoms with Crippen LogP contribution in [0.25, 0.3) is 117 Å². The first-order chi connectivity index (χ1) is 26.8. The molecule has 0 saturated carbocycles. The lowest BCUT2D eigenvalue weighted by Gasteiger charge is -2.18. The summed E-state index contributed by atoms with van der Waals surface area (Å²) >= 11 is 3.85. The molecule has 0 amide bonds. The van der Waals surface area contributed by atoms with Crippen LogP contribution in [-0.2, 0) is 0 Å². The Bertz CT molecular complexity index is 3430. The molecule has 12 aromatic rings. The summed E-state index contributed by atoms with van der Waals surface area (Å²) < 4.78 is 5.39. The molecule has 0 fully saturated rings. The van der Waals surface area contributed by atoms with E-state index < -0.39 is 0 Å².